The van der Waals surface area contributed by atoms with Gasteiger partial charge in [-0.3, -0.25) is 0 Å². The lowest BCUT2D eigenvalue weighted by Crippen LogP contribution is -2.35. The Balaban J connectivity index is 2.28. The van der Waals surface area contributed by atoms with E-state index in [0.717, 1.165) is 5.75 Å². The van der Waals surface area contributed by atoms with E-state index in [9.17, 15) is 10.5 Å². The van der Waals surface area contributed by atoms with E-state index >= 15 is 0 Å². The van der Waals surface area contributed by atoms with Gasteiger partial charge in [-0.1, -0.05) is 25.6 Å². The summed E-state index contributed by atoms with van der Waals surface area (Å²) >= 11 is 1.48. The van der Waals surface area contributed by atoms with Crippen molar-refractivity contribution in [3.8, 4) is 12.1 Å². The molecule has 1 saturated carbocycles. The highest BCUT2D eigenvalue weighted by molar-refractivity contribution is 8.00. The topological polar surface area (TPSA) is 95.2 Å². The monoisotopic (exact) mass is 248 g/mol. The Labute approximate surface area is 104 Å². The Morgan fingerprint density at radius 3 is 2.53 bits per heavy atom. The quantitative estimate of drug-likeness (QED) is 0.685. The number of hydrogen-bond acceptors (Lipinski definition) is 6. The SMILES string of the molecule is CC1(C)[C@@]2(C#N)[C@@]3(N=C(N)[C@@]12C#N)OCCS3. The number of ether oxygens (including phenoxy) is 1. The number of nitrogens with two attached hydrogens (primary N) is 1. The molecule has 6 heteroatoms. The van der Waals surface area contributed by atoms with Gasteiger partial charge in [0.05, 0.1) is 18.7 Å². The number of aliphatic imine (C=N–C) groups is 1. The van der Waals surface area contributed by atoms with Crippen LogP contribution < -0.4 is 5.73 Å². The van der Waals surface area contributed by atoms with Crippen LogP contribution in [0.15, 0.2) is 4.99 Å². The molecule has 0 bridgehead atoms. The van der Waals surface area contributed by atoms with E-state index in [1.54, 1.807) is 0 Å². The van der Waals surface area contributed by atoms with Crippen LogP contribution in [0.3, 0.4) is 0 Å². The van der Waals surface area contributed by atoms with E-state index in [0.29, 0.717) is 6.61 Å². The zero-order valence-electron chi connectivity index (χ0n) is 9.65. The minimum atomic E-state index is -0.994. The van der Waals surface area contributed by atoms with E-state index in [1.165, 1.54) is 11.8 Å². The van der Waals surface area contributed by atoms with Crippen molar-refractivity contribution in [1.29, 1.82) is 10.5 Å². The maximum atomic E-state index is 9.62. The first kappa shape index (κ1) is 10.9. The van der Waals surface area contributed by atoms with Crippen molar-refractivity contribution in [3.05, 3.63) is 0 Å². The van der Waals surface area contributed by atoms with Gasteiger partial charge in [0, 0.05) is 11.2 Å². The van der Waals surface area contributed by atoms with Crippen LogP contribution in [0.2, 0.25) is 0 Å². The van der Waals surface area contributed by atoms with Crippen LogP contribution in [-0.4, -0.2) is 23.3 Å². The number of amidine groups is 1. The van der Waals surface area contributed by atoms with E-state index in [2.05, 4.69) is 17.1 Å². The third-order valence-electron chi connectivity index (χ3n) is 4.51. The van der Waals surface area contributed by atoms with Crippen LogP contribution in [0.1, 0.15) is 13.8 Å². The lowest BCUT2D eigenvalue weighted by Gasteiger charge is -2.27. The largest absolute Gasteiger partial charge is 0.386 e. The van der Waals surface area contributed by atoms with E-state index < -0.39 is 21.3 Å². The molecule has 3 atom stereocenters. The van der Waals surface area contributed by atoms with Gasteiger partial charge in [0.25, 0.3) is 0 Å². The number of thioether (sulfide) groups is 1. The molecule has 1 saturated heterocycles. The normalized spacial score (nSPS) is 49.3. The summed E-state index contributed by atoms with van der Waals surface area (Å²) in [5, 5.41) is 18.1. The fourth-order valence-electron chi connectivity index (χ4n) is 3.60. The van der Waals surface area contributed by atoms with Crippen LogP contribution in [-0.2, 0) is 4.74 Å². The molecule has 2 aliphatic heterocycles. The fourth-order valence-corrected chi connectivity index (χ4v) is 5.05. The van der Waals surface area contributed by atoms with Gasteiger partial charge in [-0.15, -0.1) is 0 Å². The highest BCUT2D eigenvalue weighted by Gasteiger charge is 2.97. The second-order valence-corrected chi connectivity index (χ2v) is 6.37. The summed E-state index contributed by atoms with van der Waals surface area (Å²) in [4.78, 5) is 4.32. The Morgan fingerprint density at radius 1 is 1.41 bits per heavy atom. The zero-order valence-corrected chi connectivity index (χ0v) is 10.5. The molecular formula is C11H12N4OS. The molecular weight excluding hydrogens is 236 g/mol. The van der Waals surface area contributed by atoms with Gasteiger partial charge in [-0.25, -0.2) is 4.99 Å². The molecule has 2 heterocycles. The van der Waals surface area contributed by atoms with E-state index in [1.807, 2.05) is 13.8 Å². The van der Waals surface area contributed by atoms with Crippen LogP contribution in [0, 0.1) is 38.9 Å². The smallest absolute Gasteiger partial charge is 0.230 e. The lowest BCUT2D eigenvalue weighted by molar-refractivity contribution is 0.0108. The molecule has 88 valence electrons. The van der Waals surface area contributed by atoms with Crippen molar-refractivity contribution in [2.24, 2.45) is 27.0 Å². The first-order valence-corrected chi connectivity index (χ1v) is 6.40. The standard InChI is InChI=1S/C11H12N4OS/c1-8(2)9(5-12)7(14)15-11(10(8,9)6-13)16-3-4-17-11/h3-4H2,1-2H3,(H2,14,15)/t9-,10+,11+/m0/s1. The maximum absolute atomic E-state index is 9.62. The average Bonchev–Trinajstić information content (AvgIpc) is 2.63. The summed E-state index contributed by atoms with van der Waals surface area (Å²) in [5.41, 5.74) is 3.47. The molecule has 0 amide bonds. The van der Waals surface area contributed by atoms with Gasteiger partial charge in [0.1, 0.15) is 11.3 Å². The molecule has 1 aliphatic carbocycles. The third kappa shape index (κ3) is 0.696. The molecule has 0 aromatic rings. The summed E-state index contributed by atoms with van der Waals surface area (Å²) in [7, 11) is 0. The molecule has 0 aromatic carbocycles. The van der Waals surface area contributed by atoms with Gasteiger partial charge in [0.15, 0.2) is 5.41 Å². The van der Waals surface area contributed by atoms with Crippen molar-refractivity contribution in [2.45, 2.75) is 18.9 Å². The van der Waals surface area contributed by atoms with E-state index in [-0.39, 0.29) is 5.84 Å². The minimum Gasteiger partial charge on any atom is -0.386 e. The molecule has 3 rings (SSSR count). The van der Waals surface area contributed by atoms with Crippen LogP contribution in [0.25, 0.3) is 0 Å². The Hall–Kier alpha value is -1.24. The molecule has 0 unspecified atom stereocenters. The van der Waals surface area contributed by atoms with Gasteiger partial charge in [-0.2, -0.15) is 10.5 Å². The van der Waals surface area contributed by atoms with Gasteiger partial charge < -0.3 is 10.5 Å². The lowest BCUT2D eigenvalue weighted by atomic mass is 9.95. The summed E-state index contributed by atoms with van der Waals surface area (Å²) in [6.45, 7) is 4.33. The Bertz CT molecular complexity index is 523. The van der Waals surface area contributed by atoms with Crippen molar-refractivity contribution in [1.82, 2.24) is 0 Å². The second kappa shape index (κ2) is 2.60. The van der Waals surface area contributed by atoms with Crippen LogP contribution >= 0.6 is 11.8 Å². The molecule has 2 N–H and O–H groups in total. The molecule has 1 spiro atoms. The van der Waals surface area contributed by atoms with Gasteiger partial charge in [0.2, 0.25) is 5.06 Å². The molecule has 17 heavy (non-hydrogen) atoms. The molecule has 0 aromatic heterocycles. The molecule has 5 nitrogen and oxygen atoms in total. The van der Waals surface area contributed by atoms with Gasteiger partial charge >= 0.3 is 0 Å². The van der Waals surface area contributed by atoms with E-state index in [4.69, 9.17) is 10.5 Å². The summed E-state index contributed by atoms with van der Waals surface area (Å²) in [6, 6.07) is 4.52. The predicted octanol–water partition coefficient (Wildman–Crippen LogP) is 0.834. The van der Waals surface area contributed by atoms with Crippen molar-refractivity contribution in [2.75, 3.05) is 12.4 Å². The summed E-state index contributed by atoms with van der Waals surface area (Å²) < 4.78 is 5.70. The number of nitriles is 2. The number of rotatable bonds is 0. The van der Waals surface area contributed by atoms with Crippen molar-refractivity contribution < 1.29 is 4.74 Å². The summed E-state index contributed by atoms with van der Waals surface area (Å²) in [5.74, 6) is 1.03. The summed E-state index contributed by atoms with van der Waals surface area (Å²) in [6.07, 6.45) is 0. The van der Waals surface area contributed by atoms with Crippen LogP contribution in [0.4, 0.5) is 0 Å². The zero-order chi connectivity index (χ0) is 12.5. The second-order valence-electron chi connectivity index (χ2n) is 5.12. The fraction of sp³-hybridized carbons (Fsp3) is 0.727. The number of nitrogens with zero attached hydrogens (tertiary/aromatic N) is 3. The highest BCUT2D eigenvalue weighted by Crippen LogP contribution is 2.87. The average molecular weight is 248 g/mol. The number of fused-ring (bicyclic) bond motifs is 2. The Morgan fingerprint density at radius 2 is 2.12 bits per heavy atom. The first-order chi connectivity index (χ1) is 7.96. The first-order valence-electron chi connectivity index (χ1n) is 5.42. The third-order valence-corrected chi connectivity index (χ3v) is 5.79. The predicted molar refractivity (Wildman–Crippen MR) is 62.6 cm³/mol. The molecule has 0 radical (unpaired) electrons. The van der Waals surface area contributed by atoms with Crippen LogP contribution in [0.5, 0.6) is 0 Å². The van der Waals surface area contributed by atoms with Crippen molar-refractivity contribution in [3.63, 3.8) is 0 Å². The van der Waals surface area contributed by atoms with Crippen molar-refractivity contribution >= 4 is 17.6 Å². The van der Waals surface area contributed by atoms with Gasteiger partial charge in [-0.05, 0) is 0 Å². The molecule has 3 aliphatic rings. The Kier molecular flexibility index (Phi) is 1.67. The number of hydrogen-bond donors (Lipinski definition) is 1. The minimum absolute atomic E-state index is 0.251. The molecule has 2 fully saturated rings. The highest BCUT2D eigenvalue weighted by atomic mass is 32.2. The maximum Gasteiger partial charge on any atom is 0.230 e.